The van der Waals surface area contributed by atoms with Crippen molar-refractivity contribution in [3.8, 4) is 0 Å². The third-order valence-electron chi connectivity index (χ3n) is 4.63. The zero-order chi connectivity index (χ0) is 14.8. The molecule has 5 nitrogen and oxygen atoms in total. The summed E-state index contributed by atoms with van der Waals surface area (Å²) in [4.78, 5) is 14.5. The van der Waals surface area contributed by atoms with Crippen molar-refractivity contribution >= 4 is 15.9 Å². The van der Waals surface area contributed by atoms with Crippen molar-refractivity contribution in [2.24, 2.45) is 0 Å². The summed E-state index contributed by atoms with van der Waals surface area (Å²) < 4.78 is 25.1. The monoisotopic (exact) mass is 302 g/mol. The normalized spacial score (nSPS) is 26.4. The van der Waals surface area contributed by atoms with Crippen molar-refractivity contribution in [1.82, 2.24) is 9.21 Å². The van der Waals surface area contributed by atoms with E-state index in [2.05, 4.69) is 0 Å². The first-order valence-electron chi connectivity index (χ1n) is 7.65. The fourth-order valence-electron chi connectivity index (χ4n) is 3.43. The molecule has 20 heavy (non-hydrogen) atoms. The molecule has 0 aromatic carbocycles. The molecule has 0 radical (unpaired) electrons. The molecule has 1 amide bonds. The van der Waals surface area contributed by atoms with Crippen LogP contribution in [0.5, 0.6) is 0 Å². The van der Waals surface area contributed by atoms with E-state index < -0.39 is 16.1 Å². The van der Waals surface area contributed by atoms with E-state index in [1.165, 1.54) is 29.8 Å². The molecule has 0 spiro atoms. The highest BCUT2D eigenvalue weighted by molar-refractivity contribution is 7.88. The smallest absolute Gasteiger partial charge is 0.241 e. The predicted molar refractivity (Wildman–Crippen MR) is 78.8 cm³/mol. The summed E-state index contributed by atoms with van der Waals surface area (Å²) in [5, 5.41) is 0. The van der Waals surface area contributed by atoms with Gasteiger partial charge in [0, 0.05) is 19.6 Å². The molecule has 1 aliphatic heterocycles. The highest BCUT2D eigenvalue weighted by atomic mass is 32.2. The van der Waals surface area contributed by atoms with Gasteiger partial charge in [0.2, 0.25) is 15.9 Å². The van der Waals surface area contributed by atoms with E-state index in [1.807, 2.05) is 11.9 Å². The van der Waals surface area contributed by atoms with Crippen molar-refractivity contribution < 1.29 is 13.2 Å². The first kappa shape index (κ1) is 15.8. The van der Waals surface area contributed by atoms with Crippen LogP contribution >= 0.6 is 0 Å². The molecule has 1 saturated heterocycles. The van der Waals surface area contributed by atoms with Crippen molar-refractivity contribution in [3.63, 3.8) is 0 Å². The Bertz CT molecular complexity index is 443. The Morgan fingerprint density at radius 1 is 1.05 bits per heavy atom. The highest BCUT2D eigenvalue weighted by Crippen LogP contribution is 2.26. The second kappa shape index (κ2) is 6.43. The minimum atomic E-state index is -3.30. The molecule has 2 fully saturated rings. The van der Waals surface area contributed by atoms with Gasteiger partial charge in [-0.1, -0.05) is 25.7 Å². The number of rotatable bonds is 3. The van der Waals surface area contributed by atoms with Gasteiger partial charge in [0.15, 0.2) is 0 Å². The van der Waals surface area contributed by atoms with E-state index >= 15 is 0 Å². The SMILES string of the molecule is CN(C(=O)C1CCCCN1S(C)(=O)=O)C1CCCCC1. The quantitative estimate of drug-likeness (QED) is 0.795. The Balaban J connectivity index is 2.08. The number of sulfonamides is 1. The van der Waals surface area contributed by atoms with E-state index in [0.717, 1.165) is 25.7 Å². The molecule has 0 bridgehead atoms. The maximum atomic E-state index is 12.7. The first-order valence-corrected chi connectivity index (χ1v) is 9.49. The fourth-order valence-corrected chi connectivity index (χ4v) is 4.55. The first-order chi connectivity index (χ1) is 9.41. The van der Waals surface area contributed by atoms with Gasteiger partial charge in [-0.05, 0) is 25.7 Å². The molecule has 0 aromatic rings. The van der Waals surface area contributed by atoms with Crippen LogP contribution < -0.4 is 0 Å². The zero-order valence-corrected chi connectivity index (χ0v) is 13.4. The number of hydrogen-bond donors (Lipinski definition) is 0. The van der Waals surface area contributed by atoms with Gasteiger partial charge < -0.3 is 4.90 Å². The standard InChI is InChI=1S/C14H26N2O3S/c1-15(12-8-4-3-5-9-12)14(17)13-10-6-7-11-16(13)20(2,18)19/h12-13H,3-11H2,1-2H3. The summed E-state index contributed by atoms with van der Waals surface area (Å²) in [7, 11) is -1.46. The summed E-state index contributed by atoms with van der Waals surface area (Å²) in [6.07, 6.45) is 9.33. The number of carbonyl (C=O) groups is 1. The van der Waals surface area contributed by atoms with E-state index in [0.29, 0.717) is 19.0 Å². The summed E-state index contributed by atoms with van der Waals surface area (Å²) in [6.45, 7) is 0.480. The lowest BCUT2D eigenvalue weighted by Crippen LogP contribution is -2.54. The fraction of sp³-hybridized carbons (Fsp3) is 0.929. The Labute approximate surface area is 122 Å². The van der Waals surface area contributed by atoms with Crippen LogP contribution in [0, 0.1) is 0 Å². The molecule has 1 atom stereocenters. The minimum absolute atomic E-state index is 0.0120. The van der Waals surface area contributed by atoms with Crippen LogP contribution in [-0.2, 0) is 14.8 Å². The zero-order valence-electron chi connectivity index (χ0n) is 12.5. The number of likely N-dealkylation sites (N-methyl/N-ethyl adjacent to an activating group) is 1. The van der Waals surface area contributed by atoms with Crippen LogP contribution in [0.2, 0.25) is 0 Å². The molecular formula is C14H26N2O3S. The third kappa shape index (κ3) is 3.52. The topological polar surface area (TPSA) is 57.7 Å². The Morgan fingerprint density at radius 3 is 2.25 bits per heavy atom. The average molecular weight is 302 g/mol. The van der Waals surface area contributed by atoms with E-state index in [-0.39, 0.29) is 5.91 Å². The molecular weight excluding hydrogens is 276 g/mol. The number of piperidine rings is 1. The lowest BCUT2D eigenvalue weighted by atomic mass is 9.93. The molecule has 1 saturated carbocycles. The minimum Gasteiger partial charge on any atom is -0.341 e. The molecule has 2 aliphatic rings. The van der Waals surface area contributed by atoms with Gasteiger partial charge >= 0.3 is 0 Å². The van der Waals surface area contributed by atoms with Gasteiger partial charge in [0.1, 0.15) is 6.04 Å². The summed E-state index contributed by atoms with van der Waals surface area (Å²) >= 11 is 0. The predicted octanol–water partition coefficient (Wildman–Crippen LogP) is 1.59. The highest BCUT2D eigenvalue weighted by Gasteiger charge is 2.37. The lowest BCUT2D eigenvalue weighted by Gasteiger charge is -2.38. The Kier molecular flexibility index (Phi) is 5.07. The summed E-state index contributed by atoms with van der Waals surface area (Å²) in [6, 6.07) is -0.190. The van der Waals surface area contributed by atoms with Crippen molar-refractivity contribution in [1.29, 1.82) is 0 Å². The molecule has 116 valence electrons. The number of hydrogen-bond acceptors (Lipinski definition) is 3. The molecule has 2 rings (SSSR count). The molecule has 1 unspecified atom stereocenters. The van der Waals surface area contributed by atoms with Crippen molar-refractivity contribution in [3.05, 3.63) is 0 Å². The number of amides is 1. The van der Waals surface area contributed by atoms with Gasteiger partial charge in [0.05, 0.1) is 6.26 Å². The van der Waals surface area contributed by atoms with Crippen LogP contribution in [0.3, 0.4) is 0 Å². The van der Waals surface area contributed by atoms with Crippen LogP contribution in [0.4, 0.5) is 0 Å². The maximum Gasteiger partial charge on any atom is 0.241 e. The molecule has 1 aliphatic carbocycles. The third-order valence-corrected chi connectivity index (χ3v) is 5.92. The molecule has 6 heteroatoms. The number of carbonyl (C=O) groups excluding carboxylic acids is 1. The van der Waals surface area contributed by atoms with Gasteiger partial charge in [-0.2, -0.15) is 4.31 Å². The van der Waals surface area contributed by atoms with Crippen molar-refractivity contribution in [2.75, 3.05) is 19.8 Å². The lowest BCUT2D eigenvalue weighted by molar-refractivity contribution is -0.137. The summed E-state index contributed by atoms with van der Waals surface area (Å²) in [5.41, 5.74) is 0. The van der Waals surface area contributed by atoms with Gasteiger partial charge in [-0.15, -0.1) is 0 Å². The van der Waals surface area contributed by atoms with Crippen LogP contribution in [0.25, 0.3) is 0 Å². The van der Waals surface area contributed by atoms with Gasteiger partial charge in [-0.25, -0.2) is 8.42 Å². The van der Waals surface area contributed by atoms with Gasteiger partial charge in [-0.3, -0.25) is 4.79 Å². The largest absolute Gasteiger partial charge is 0.341 e. The Hall–Kier alpha value is -0.620. The second-order valence-corrected chi connectivity index (χ2v) is 8.06. The number of nitrogens with zero attached hydrogens (tertiary/aromatic N) is 2. The van der Waals surface area contributed by atoms with Crippen molar-refractivity contribution in [2.45, 2.75) is 63.5 Å². The molecule has 0 aromatic heterocycles. The van der Waals surface area contributed by atoms with Crippen LogP contribution in [0.15, 0.2) is 0 Å². The second-order valence-electron chi connectivity index (χ2n) is 6.13. The van der Waals surface area contributed by atoms with Crippen LogP contribution in [0.1, 0.15) is 51.4 Å². The Morgan fingerprint density at radius 2 is 1.65 bits per heavy atom. The van der Waals surface area contributed by atoms with Crippen LogP contribution in [-0.4, -0.2) is 55.5 Å². The van der Waals surface area contributed by atoms with E-state index in [1.54, 1.807) is 0 Å². The molecule has 0 N–H and O–H groups in total. The van der Waals surface area contributed by atoms with E-state index in [9.17, 15) is 13.2 Å². The van der Waals surface area contributed by atoms with E-state index in [4.69, 9.17) is 0 Å². The van der Waals surface area contributed by atoms with Gasteiger partial charge in [0.25, 0.3) is 0 Å². The molecule has 1 heterocycles. The average Bonchev–Trinajstić information content (AvgIpc) is 2.46. The summed E-state index contributed by atoms with van der Waals surface area (Å²) in [5.74, 6) is -0.0120. The maximum absolute atomic E-state index is 12.7.